The number of carbonyl (C=O) groups is 1. The van der Waals surface area contributed by atoms with E-state index in [1.807, 2.05) is 0 Å². The van der Waals surface area contributed by atoms with Gasteiger partial charge in [-0.25, -0.2) is 9.40 Å². The number of rotatable bonds is 3. The normalized spacial score (nSPS) is 14.4. The number of hydrogen-bond acceptors (Lipinski definition) is 3. The standard InChI is InChI=1S/C17H12F4N2O2/c18-13-3-1-2-12(10-13)16(24)23-9-8-15(22-23)11-4-6-14(7-5-11)25-17(19,20)21/h1-7,10H,8-9H2. The molecule has 0 unspecified atom stereocenters. The molecular formula is C17H12F4N2O2. The van der Waals surface area contributed by atoms with E-state index in [0.29, 0.717) is 24.2 Å². The van der Waals surface area contributed by atoms with Crippen LogP contribution in [-0.4, -0.2) is 29.5 Å². The van der Waals surface area contributed by atoms with Crippen LogP contribution in [0.2, 0.25) is 0 Å². The first-order valence-electron chi connectivity index (χ1n) is 7.33. The van der Waals surface area contributed by atoms with Crippen molar-refractivity contribution in [1.29, 1.82) is 0 Å². The number of ether oxygens (including phenoxy) is 1. The van der Waals surface area contributed by atoms with Gasteiger partial charge in [0.2, 0.25) is 0 Å². The van der Waals surface area contributed by atoms with Crippen LogP contribution in [0.3, 0.4) is 0 Å². The fourth-order valence-corrected chi connectivity index (χ4v) is 2.43. The summed E-state index contributed by atoms with van der Waals surface area (Å²) in [5.74, 6) is -1.29. The van der Waals surface area contributed by atoms with Crippen LogP contribution in [0.15, 0.2) is 53.6 Å². The fraction of sp³-hybridized carbons (Fsp3) is 0.176. The lowest BCUT2D eigenvalue weighted by Gasteiger charge is -2.11. The topological polar surface area (TPSA) is 41.9 Å². The van der Waals surface area contributed by atoms with Gasteiger partial charge in [-0.15, -0.1) is 13.2 Å². The van der Waals surface area contributed by atoms with Crippen LogP contribution in [0.25, 0.3) is 0 Å². The largest absolute Gasteiger partial charge is 0.573 e. The zero-order chi connectivity index (χ0) is 18.0. The SMILES string of the molecule is O=C(c1cccc(F)c1)N1CCC(c2ccc(OC(F)(F)F)cc2)=N1. The van der Waals surface area contributed by atoms with E-state index in [2.05, 4.69) is 9.84 Å². The third kappa shape index (κ3) is 4.14. The highest BCUT2D eigenvalue weighted by molar-refractivity contribution is 6.04. The van der Waals surface area contributed by atoms with Crippen molar-refractivity contribution in [2.45, 2.75) is 12.8 Å². The van der Waals surface area contributed by atoms with Crippen LogP contribution in [-0.2, 0) is 0 Å². The number of hydrogen-bond donors (Lipinski definition) is 0. The van der Waals surface area contributed by atoms with E-state index in [0.717, 1.165) is 6.07 Å². The Balaban J connectivity index is 1.74. The van der Waals surface area contributed by atoms with Crippen LogP contribution in [0.5, 0.6) is 5.75 Å². The van der Waals surface area contributed by atoms with E-state index in [9.17, 15) is 22.4 Å². The second-order valence-electron chi connectivity index (χ2n) is 5.31. The summed E-state index contributed by atoms with van der Waals surface area (Å²) in [5.41, 5.74) is 1.33. The van der Waals surface area contributed by atoms with Crippen LogP contribution in [0.1, 0.15) is 22.3 Å². The number of amides is 1. The number of hydrazone groups is 1. The van der Waals surface area contributed by atoms with Crippen LogP contribution < -0.4 is 4.74 Å². The van der Waals surface area contributed by atoms with Crippen LogP contribution in [0.4, 0.5) is 17.6 Å². The smallest absolute Gasteiger partial charge is 0.406 e. The maximum atomic E-state index is 13.2. The molecule has 0 fully saturated rings. The molecule has 130 valence electrons. The third-order valence-electron chi connectivity index (χ3n) is 3.53. The molecule has 0 saturated heterocycles. The second-order valence-corrected chi connectivity index (χ2v) is 5.31. The summed E-state index contributed by atoms with van der Waals surface area (Å²) in [6.07, 6.45) is -4.30. The van der Waals surface area contributed by atoms with Gasteiger partial charge in [-0.1, -0.05) is 6.07 Å². The Labute approximate surface area is 140 Å². The number of halogens is 4. The Morgan fingerprint density at radius 3 is 2.48 bits per heavy atom. The molecule has 0 radical (unpaired) electrons. The molecule has 1 amide bonds. The first-order chi connectivity index (χ1) is 11.8. The molecule has 1 aliphatic rings. The summed E-state index contributed by atoms with van der Waals surface area (Å²) < 4.78 is 53.5. The van der Waals surface area contributed by atoms with Gasteiger partial charge in [0.1, 0.15) is 11.6 Å². The van der Waals surface area contributed by atoms with Crippen molar-refractivity contribution < 1.29 is 27.1 Å². The van der Waals surface area contributed by atoms with Gasteiger partial charge in [0.15, 0.2) is 0 Å². The average molecular weight is 352 g/mol. The summed E-state index contributed by atoms with van der Waals surface area (Å²) in [6.45, 7) is 0.311. The second kappa shape index (κ2) is 6.54. The lowest BCUT2D eigenvalue weighted by atomic mass is 10.1. The number of nitrogens with zero attached hydrogens (tertiary/aromatic N) is 2. The van der Waals surface area contributed by atoms with E-state index in [-0.39, 0.29) is 11.3 Å². The maximum absolute atomic E-state index is 13.2. The fourth-order valence-electron chi connectivity index (χ4n) is 2.43. The molecule has 4 nitrogen and oxygen atoms in total. The van der Waals surface area contributed by atoms with Crippen molar-refractivity contribution in [1.82, 2.24) is 5.01 Å². The van der Waals surface area contributed by atoms with Crippen molar-refractivity contribution >= 4 is 11.6 Å². The maximum Gasteiger partial charge on any atom is 0.573 e. The number of benzene rings is 2. The van der Waals surface area contributed by atoms with E-state index in [4.69, 9.17) is 0 Å². The minimum absolute atomic E-state index is 0.180. The lowest BCUT2D eigenvalue weighted by molar-refractivity contribution is -0.274. The van der Waals surface area contributed by atoms with E-state index < -0.39 is 18.1 Å². The van der Waals surface area contributed by atoms with Crippen molar-refractivity contribution in [3.63, 3.8) is 0 Å². The molecular weight excluding hydrogens is 340 g/mol. The molecule has 0 aromatic heterocycles. The van der Waals surface area contributed by atoms with Crippen molar-refractivity contribution in [3.8, 4) is 5.75 Å². The highest BCUT2D eigenvalue weighted by Gasteiger charge is 2.31. The molecule has 0 saturated carbocycles. The molecule has 0 atom stereocenters. The van der Waals surface area contributed by atoms with E-state index in [1.54, 1.807) is 0 Å². The predicted molar refractivity (Wildman–Crippen MR) is 81.7 cm³/mol. The molecule has 2 aromatic rings. The Morgan fingerprint density at radius 1 is 1.12 bits per heavy atom. The van der Waals surface area contributed by atoms with E-state index in [1.165, 1.54) is 47.5 Å². The van der Waals surface area contributed by atoms with Gasteiger partial charge >= 0.3 is 6.36 Å². The molecule has 1 heterocycles. The molecule has 0 N–H and O–H groups in total. The highest BCUT2D eigenvalue weighted by atomic mass is 19.4. The van der Waals surface area contributed by atoms with Crippen molar-refractivity contribution in [2.75, 3.05) is 6.54 Å². The molecule has 0 bridgehead atoms. The van der Waals surface area contributed by atoms with Gasteiger partial charge in [0.05, 0.1) is 12.3 Å². The molecule has 1 aliphatic heterocycles. The summed E-state index contributed by atoms with van der Waals surface area (Å²) in [6, 6.07) is 10.5. The molecule has 2 aromatic carbocycles. The molecule has 0 spiro atoms. The molecule has 25 heavy (non-hydrogen) atoms. The monoisotopic (exact) mass is 352 g/mol. The van der Waals surface area contributed by atoms with Crippen molar-refractivity contribution in [3.05, 3.63) is 65.5 Å². The van der Waals surface area contributed by atoms with Gasteiger partial charge in [0, 0.05) is 12.0 Å². The van der Waals surface area contributed by atoms with Gasteiger partial charge in [-0.2, -0.15) is 5.10 Å². The summed E-state index contributed by atoms with van der Waals surface area (Å²) in [7, 11) is 0. The summed E-state index contributed by atoms with van der Waals surface area (Å²) in [4.78, 5) is 12.3. The molecule has 3 rings (SSSR count). The zero-order valence-electron chi connectivity index (χ0n) is 12.8. The van der Waals surface area contributed by atoms with Crippen LogP contribution in [0, 0.1) is 5.82 Å². The third-order valence-corrected chi connectivity index (χ3v) is 3.53. The van der Waals surface area contributed by atoms with Crippen molar-refractivity contribution in [2.24, 2.45) is 5.10 Å². The molecule has 8 heteroatoms. The average Bonchev–Trinajstić information content (AvgIpc) is 3.03. The van der Waals surface area contributed by atoms with Crippen LogP contribution >= 0.6 is 0 Å². The number of carbonyl (C=O) groups excluding carboxylic acids is 1. The Kier molecular flexibility index (Phi) is 4.43. The first-order valence-corrected chi connectivity index (χ1v) is 7.33. The van der Waals surface area contributed by atoms with E-state index >= 15 is 0 Å². The predicted octanol–water partition coefficient (Wildman–Crippen LogP) is 3.97. The van der Waals surface area contributed by atoms with Gasteiger partial charge < -0.3 is 4.74 Å². The Bertz CT molecular complexity index is 816. The van der Waals surface area contributed by atoms with Gasteiger partial charge in [-0.3, -0.25) is 4.79 Å². The van der Waals surface area contributed by atoms with Gasteiger partial charge in [-0.05, 0) is 48.0 Å². The Hall–Kier alpha value is -2.90. The number of alkyl halides is 3. The Morgan fingerprint density at radius 2 is 1.84 bits per heavy atom. The quantitative estimate of drug-likeness (QED) is 0.785. The van der Waals surface area contributed by atoms with Gasteiger partial charge in [0.25, 0.3) is 5.91 Å². The first kappa shape index (κ1) is 16.9. The minimum atomic E-state index is -4.75. The lowest BCUT2D eigenvalue weighted by Crippen LogP contribution is -2.23. The summed E-state index contributed by atoms with van der Waals surface area (Å²) in [5, 5.41) is 5.40. The summed E-state index contributed by atoms with van der Waals surface area (Å²) >= 11 is 0. The highest BCUT2D eigenvalue weighted by Crippen LogP contribution is 2.24. The minimum Gasteiger partial charge on any atom is -0.406 e. The zero-order valence-corrected chi connectivity index (χ0v) is 12.8. The molecule has 0 aliphatic carbocycles.